The number of hydrogen-bond donors (Lipinski definition) is 1. The van der Waals surface area contributed by atoms with Gasteiger partial charge in [0.05, 0.1) is 10.8 Å². The van der Waals surface area contributed by atoms with E-state index in [2.05, 4.69) is 6.07 Å². The maximum Gasteiger partial charge on any atom is 0.269 e. The van der Waals surface area contributed by atoms with Crippen molar-refractivity contribution in [2.45, 2.75) is 17.7 Å². The Kier molecular flexibility index (Phi) is 4.96. The lowest BCUT2D eigenvalue weighted by Crippen LogP contribution is -2.19. The van der Waals surface area contributed by atoms with E-state index in [1.165, 1.54) is 23.9 Å². The smallest absolute Gasteiger partial charge is 0.269 e. The molecule has 1 unspecified atom stereocenters. The van der Waals surface area contributed by atoms with Crippen LogP contribution in [0.2, 0.25) is 0 Å². The number of hydrogen-bond acceptors (Lipinski definition) is 6. The molecule has 2 aromatic rings. The van der Waals surface area contributed by atoms with Gasteiger partial charge in [0.1, 0.15) is 17.4 Å². The third kappa shape index (κ3) is 3.41. The first-order chi connectivity index (χ1) is 12.5. The van der Waals surface area contributed by atoms with E-state index in [-0.39, 0.29) is 11.6 Å². The Morgan fingerprint density at radius 2 is 1.85 bits per heavy atom. The molecule has 1 aliphatic rings. The molecule has 2 aromatic carbocycles. The second-order valence-electron chi connectivity index (χ2n) is 5.61. The first-order valence-corrected chi connectivity index (χ1v) is 8.58. The van der Waals surface area contributed by atoms with Crippen LogP contribution in [0.1, 0.15) is 18.4 Å². The minimum atomic E-state index is -0.454. The van der Waals surface area contributed by atoms with E-state index >= 15 is 0 Å². The lowest BCUT2D eigenvalue weighted by molar-refractivity contribution is -0.384. The summed E-state index contributed by atoms with van der Waals surface area (Å²) in [4.78, 5) is 12.3. The fraction of sp³-hybridized carbons (Fsp3) is 0.105. The van der Waals surface area contributed by atoms with Gasteiger partial charge >= 0.3 is 0 Å². The van der Waals surface area contributed by atoms with Crippen LogP contribution in [0.4, 0.5) is 5.69 Å². The van der Waals surface area contributed by atoms with Crippen molar-refractivity contribution in [1.82, 2.24) is 0 Å². The van der Waals surface area contributed by atoms with Gasteiger partial charge in [0.25, 0.3) is 5.69 Å². The van der Waals surface area contributed by atoms with Gasteiger partial charge in [-0.2, -0.15) is 5.26 Å². The maximum atomic E-state index is 10.9. The normalized spacial score (nSPS) is 16.8. The van der Waals surface area contributed by atoms with E-state index in [0.717, 1.165) is 15.4 Å². The Bertz CT molecular complexity index is 944. The molecule has 6 nitrogen and oxygen atoms in total. The fourth-order valence-electron chi connectivity index (χ4n) is 2.72. The SMILES string of the molecule is CC1=C(Sc2ccccc2)C(c2ccc([N+](=O)[O-])cc2)C(C#N)=C(N)O1. The third-order valence-corrected chi connectivity index (χ3v) is 5.21. The molecule has 0 aromatic heterocycles. The van der Waals surface area contributed by atoms with Crippen molar-refractivity contribution in [3.8, 4) is 6.07 Å². The summed E-state index contributed by atoms with van der Waals surface area (Å²) < 4.78 is 5.57. The molecule has 3 rings (SSSR count). The highest BCUT2D eigenvalue weighted by Gasteiger charge is 2.32. The van der Waals surface area contributed by atoms with E-state index in [4.69, 9.17) is 10.5 Å². The van der Waals surface area contributed by atoms with Crippen LogP contribution in [0.15, 0.2) is 81.6 Å². The standard InChI is InChI=1S/C19H15N3O3S/c1-12-18(26-15-5-3-2-4-6-15)17(16(11-20)19(21)25-12)13-7-9-14(10-8-13)22(23)24/h2-10,17H,21H2,1H3. The molecule has 26 heavy (non-hydrogen) atoms. The first-order valence-electron chi connectivity index (χ1n) is 7.77. The van der Waals surface area contributed by atoms with Gasteiger partial charge in [-0.1, -0.05) is 42.1 Å². The number of non-ortho nitro benzene ring substituents is 1. The van der Waals surface area contributed by atoms with Crippen molar-refractivity contribution in [2.24, 2.45) is 5.73 Å². The van der Waals surface area contributed by atoms with E-state index in [1.807, 2.05) is 30.3 Å². The number of thioether (sulfide) groups is 1. The number of nitrogens with zero attached hydrogens (tertiary/aromatic N) is 2. The Morgan fingerprint density at radius 3 is 2.42 bits per heavy atom. The van der Waals surface area contributed by atoms with Crippen LogP contribution in [0.3, 0.4) is 0 Å². The molecule has 0 saturated heterocycles. The molecular formula is C19H15N3O3S. The Hall–Kier alpha value is -3.24. The molecule has 1 atom stereocenters. The topological polar surface area (TPSA) is 102 Å². The predicted octanol–water partition coefficient (Wildman–Crippen LogP) is 4.43. The Morgan fingerprint density at radius 1 is 1.19 bits per heavy atom. The van der Waals surface area contributed by atoms with Crippen LogP contribution in [-0.4, -0.2) is 4.92 Å². The van der Waals surface area contributed by atoms with Crippen LogP contribution in [0.5, 0.6) is 0 Å². The number of ether oxygens (including phenoxy) is 1. The molecule has 0 fully saturated rings. The van der Waals surface area contributed by atoms with Crippen molar-refractivity contribution in [1.29, 1.82) is 5.26 Å². The number of nitro benzene ring substituents is 1. The van der Waals surface area contributed by atoms with Gasteiger partial charge in [-0.05, 0) is 24.6 Å². The number of benzene rings is 2. The summed E-state index contributed by atoms with van der Waals surface area (Å²) in [6.07, 6.45) is 0. The minimum absolute atomic E-state index is 0.00534. The largest absolute Gasteiger partial charge is 0.444 e. The quantitative estimate of drug-likeness (QED) is 0.635. The van der Waals surface area contributed by atoms with Crippen LogP contribution < -0.4 is 5.73 Å². The number of nitriles is 1. The van der Waals surface area contributed by atoms with Gasteiger partial charge in [0.2, 0.25) is 5.88 Å². The summed E-state index contributed by atoms with van der Waals surface area (Å²) in [5.41, 5.74) is 6.96. The summed E-state index contributed by atoms with van der Waals surface area (Å²) in [5, 5.41) is 20.5. The zero-order valence-electron chi connectivity index (χ0n) is 13.9. The molecule has 0 radical (unpaired) electrons. The van der Waals surface area contributed by atoms with Gasteiger partial charge in [0.15, 0.2) is 0 Å². The molecule has 0 amide bonds. The van der Waals surface area contributed by atoms with Crippen molar-refractivity contribution < 1.29 is 9.66 Å². The van der Waals surface area contributed by atoms with Gasteiger partial charge in [0, 0.05) is 21.9 Å². The number of allylic oxidation sites excluding steroid dienone is 3. The van der Waals surface area contributed by atoms with E-state index in [1.54, 1.807) is 19.1 Å². The molecule has 2 N–H and O–H groups in total. The van der Waals surface area contributed by atoms with Crippen LogP contribution in [0.25, 0.3) is 0 Å². The van der Waals surface area contributed by atoms with Crippen LogP contribution in [0, 0.1) is 21.4 Å². The average Bonchev–Trinajstić information content (AvgIpc) is 2.64. The molecule has 0 saturated carbocycles. The van der Waals surface area contributed by atoms with Gasteiger partial charge in [-0.15, -0.1) is 0 Å². The highest BCUT2D eigenvalue weighted by atomic mass is 32.2. The second kappa shape index (κ2) is 7.33. The number of nitro groups is 1. The lowest BCUT2D eigenvalue weighted by atomic mass is 9.89. The molecular weight excluding hydrogens is 350 g/mol. The molecule has 0 spiro atoms. The average molecular weight is 365 g/mol. The van der Waals surface area contributed by atoms with Crippen LogP contribution >= 0.6 is 11.8 Å². The fourth-order valence-corrected chi connectivity index (χ4v) is 3.82. The predicted molar refractivity (Wildman–Crippen MR) is 98.7 cm³/mol. The molecule has 0 bridgehead atoms. The highest BCUT2D eigenvalue weighted by Crippen LogP contribution is 2.46. The summed E-state index contributed by atoms with van der Waals surface area (Å²) in [6.45, 7) is 1.80. The zero-order valence-corrected chi connectivity index (χ0v) is 14.7. The first kappa shape index (κ1) is 17.6. The third-order valence-electron chi connectivity index (χ3n) is 3.96. The lowest BCUT2D eigenvalue weighted by Gasteiger charge is -2.27. The Labute approximate surface area is 154 Å². The molecule has 7 heteroatoms. The summed E-state index contributed by atoms with van der Waals surface area (Å²) in [6, 6.07) is 18.0. The summed E-state index contributed by atoms with van der Waals surface area (Å²) in [5.74, 6) is 0.240. The van der Waals surface area contributed by atoms with Crippen molar-refractivity contribution >= 4 is 17.4 Å². The number of rotatable bonds is 4. The van der Waals surface area contributed by atoms with Crippen molar-refractivity contribution in [3.63, 3.8) is 0 Å². The van der Waals surface area contributed by atoms with Crippen LogP contribution in [-0.2, 0) is 4.74 Å². The second-order valence-corrected chi connectivity index (χ2v) is 6.72. The summed E-state index contributed by atoms with van der Waals surface area (Å²) >= 11 is 1.49. The Balaban J connectivity index is 2.07. The van der Waals surface area contributed by atoms with E-state index in [0.29, 0.717) is 11.3 Å². The van der Waals surface area contributed by atoms with Gasteiger partial charge in [-0.25, -0.2) is 0 Å². The molecule has 130 valence electrons. The van der Waals surface area contributed by atoms with E-state index in [9.17, 15) is 15.4 Å². The van der Waals surface area contributed by atoms with Crippen molar-refractivity contribution in [3.05, 3.63) is 92.4 Å². The van der Waals surface area contributed by atoms with Gasteiger partial charge < -0.3 is 10.5 Å². The highest BCUT2D eigenvalue weighted by molar-refractivity contribution is 8.03. The molecule has 1 aliphatic heterocycles. The number of nitrogens with two attached hydrogens (primary N) is 1. The maximum absolute atomic E-state index is 10.9. The molecule has 0 aliphatic carbocycles. The van der Waals surface area contributed by atoms with E-state index < -0.39 is 10.8 Å². The monoisotopic (exact) mass is 365 g/mol. The minimum Gasteiger partial charge on any atom is -0.444 e. The molecule has 1 heterocycles. The zero-order chi connectivity index (χ0) is 18.7. The van der Waals surface area contributed by atoms with Gasteiger partial charge in [-0.3, -0.25) is 10.1 Å². The van der Waals surface area contributed by atoms with Crippen molar-refractivity contribution in [2.75, 3.05) is 0 Å². The summed E-state index contributed by atoms with van der Waals surface area (Å²) in [7, 11) is 0.